The minimum atomic E-state index is -0.268. The largest absolute Gasteiger partial charge is 0.484 e. The molecule has 4 nitrogen and oxygen atoms in total. The van der Waals surface area contributed by atoms with E-state index in [1.165, 1.54) is 0 Å². The lowest BCUT2D eigenvalue weighted by molar-refractivity contribution is -0.123. The van der Waals surface area contributed by atoms with E-state index in [0.29, 0.717) is 5.75 Å². The standard InChI is InChI=1S/C19H22N2O2/c1-3-7-18(16-8-5-4-6-9-16)20-21-19(22)14-23-17-12-10-15(2)11-13-17/h4-6,8-13H,3,7,14H2,1-2H3,(H,21,22)/b20-18-. The number of ether oxygens (including phenoxy) is 1. The van der Waals surface area contributed by atoms with Crippen molar-refractivity contribution in [3.05, 3.63) is 65.7 Å². The van der Waals surface area contributed by atoms with Crippen LogP contribution in [0.4, 0.5) is 0 Å². The Kier molecular flexibility index (Phi) is 6.36. The highest BCUT2D eigenvalue weighted by Crippen LogP contribution is 2.11. The molecule has 0 bridgehead atoms. The number of nitrogens with one attached hydrogen (secondary N) is 1. The summed E-state index contributed by atoms with van der Waals surface area (Å²) in [6, 6.07) is 17.4. The highest BCUT2D eigenvalue weighted by Gasteiger charge is 2.05. The Labute approximate surface area is 137 Å². The zero-order chi connectivity index (χ0) is 16.5. The van der Waals surface area contributed by atoms with E-state index in [-0.39, 0.29) is 12.5 Å². The van der Waals surface area contributed by atoms with E-state index in [1.807, 2.05) is 61.5 Å². The summed E-state index contributed by atoms with van der Waals surface area (Å²) in [5.74, 6) is 0.404. The summed E-state index contributed by atoms with van der Waals surface area (Å²) >= 11 is 0. The van der Waals surface area contributed by atoms with Gasteiger partial charge < -0.3 is 4.74 Å². The van der Waals surface area contributed by atoms with Crippen LogP contribution in [-0.4, -0.2) is 18.2 Å². The number of benzene rings is 2. The monoisotopic (exact) mass is 310 g/mol. The van der Waals surface area contributed by atoms with Crippen LogP contribution in [-0.2, 0) is 4.79 Å². The van der Waals surface area contributed by atoms with Crippen molar-refractivity contribution in [1.82, 2.24) is 5.43 Å². The average Bonchev–Trinajstić information content (AvgIpc) is 2.59. The predicted molar refractivity (Wildman–Crippen MR) is 92.7 cm³/mol. The zero-order valence-corrected chi connectivity index (χ0v) is 13.6. The van der Waals surface area contributed by atoms with Crippen LogP contribution >= 0.6 is 0 Å². The molecule has 0 saturated carbocycles. The van der Waals surface area contributed by atoms with Crippen molar-refractivity contribution in [2.24, 2.45) is 5.10 Å². The number of hydrogen-bond donors (Lipinski definition) is 1. The van der Waals surface area contributed by atoms with Crippen molar-refractivity contribution in [2.45, 2.75) is 26.7 Å². The van der Waals surface area contributed by atoms with Crippen LogP contribution in [0.5, 0.6) is 5.75 Å². The highest BCUT2D eigenvalue weighted by molar-refractivity contribution is 6.01. The molecule has 0 fully saturated rings. The molecule has 4 heteroatoms. The zero-order valence-electron chi connectivity index (χ0n) is 13.6. The van der Waals surface area contributed by atoms with E-state index in [0.717, 1.165) is 29.7 Å². The molecular formula is C19H22N2O2. The van der Waals surface area contributed by atoms with Gasteiger partial charge in [-0.2, -0.15) is 5.10 Å². The third kappa shape index (κ3) is 5.58. The molecule has 0 saturated heterocycles. The fraction of sp³-hybridized carbons (Fsp3) is 0.263. The number of nitrogens with zero attached hydrogens (tertiary/aromatic N) is 1. The molecule has 0 unspecified atom stereocenters. The predicted octanol–water partition coefficient (Wildman–Crippen LogP) is 3.69. The number of carbonyl (C=O) groups excluding carboxylic acids is 1. The van der Waals surface area contributed by atoms with Crippen molar-refractivity contribution in [3.8, 4) is 5.75 Å². The maximum atomic E-state index is 11.9. The lowest BCUT2D eigenvalue weighted by Gasteiger charge is -2.08. The van der Waals surface area contributed by atoms with E-state index in [4.69, 9.17) is 4.74 Å². The topological polar surface area (TPSA) is 50.7 Å². The smallest absolute Gasteiger partial charge is 0.277 e. The third-order valence-electron chi connectivity index (χ3n) is 3.30. The van der Waals surface area contributed by atoms with E-state index in [2.05, 4.69) is 17.5 Å². The van der Waals surface area contributed by atoms with E-state index in [9.17, 15) is 4.79 Å². The summed E-state index contributed by atoms with van der Waals surface area (Å²) in [6.45, 7) is 4.03. The summed E-state index contributed by atoms with van der Waals surface area (Å²) in [4.78, 5) is 11.9. The van der Waals surface area contributed by atoms with Crippen LogP contribution in [0.1, 0.15) is 30.9 Å². The van der Waals surface area contributed by atoms with Gasteiger partial charge >= 0.3 is 0 Å². The van der Waals surface area contributed by atoms with Crippen molar-refractivity contribution >= 4 is 11.6 Å². The maximum absolute atomic E-state index is 11.9. The molecule has 2 rings (SSSR count). The number of hydrogen-bond acceptors (Lipinski definition) is 3. The quantitative estimate of drug-likeness (QED) is 0.626. The Bertz CT molecular complexity index is 649. The first-order chi connectivity index (χ1) is 11.2. The number of carbonyl (C=O) groups is 1. The van der Waals surface area contributed by atoms with Gasteiger partial charge in [0.1, 0.15) is 5.75 Å². The normalized spacial score (nSPS) is 11.1. The molecule has 2 aromatic rings. The van der Waals surface area contributed by atoms with E-state index >= 15 is 0 Å². The second-order valence-electron chi connectivity index (χ2n) is 5.31. The van der Waals surface area contributed by atoms with Gasteiger partial charge in [-0.05, 0) is 31.0 Å². The minimum absolute atomic E-state index is 0.0548. The van der Waals surface area contributed by atoms with Gasteiger partial charge in [0, 0.05) is 0 Å². The van der Waals surface area contributed by atoms with Gasteiger partial charge in [0.2, 0.25) is 0 Å². The van der Waals surface area contributed by atoms with Crippen LogP contribution in [0.2, 0.25) is 0 Å². The summed E-state index contributed by atoms with van der Waals surface area (Å²) in [5.41, 5.74) is 5.62. The molecule has 23 heavy (non-hydrogen) atoms. The van der Waals surface area contributed by atoms with Crippen molar-refractivity contribution < 1.29 is 9.53 Å². The minimum Gasteiger partial charge on any atom is -0.484 e. The number of amides is 1. The molecular weight excluding hydrogens is 288 g/mol. The van der Waals surface area contributed by atoms with E-state index < -0.39 is 0 Å². The third-order valence-corrected chi connectivity index (χ3v) is 3.30. The second kappa shape index (κ2) is 8.73. The molecule has 0 atom stereocenters. The molecule has 0 aliphatic rings. The molecule has 2 aromatic carbocycles. The lowest BCUT2D eigenvalue weighted by atomic mass is 10.1. The molecule has 1 amide bonds. The Hall–Kier alpha value is -2.62. The van der Waals surface area contributed by atoms with E-state index in [1.54, 1.807) is 0 Å². The molecule has 120 valence electrons. The van der Waals surface area contributed by atoms with Gasteiger partial charge in [-0.1, -0.05) is 61.4 Å². The average molecular weight is 310 g/mol. The van der Waals surface area contributed by atoms with Crippen molar-refractivity contribution in [3.63, 3.8) is 0 Å². The number of rotatable bonds is 7. The Morgan fingerprint density at radius 3 is 2.43 bits per heavy atom. The number of hydrazone groups is 1. The summed E-state index contributed by atoms with van der Waals surface area (Å²) in [6.07, 6.45) is 1.77. The second-order valence-corrected chi connectivity index (χ2v) is 5.31. The highest BCUT2D eigenvalue weighted by atomic mass is 16.5. The Balaban J connectivity index is 1.91. The van der Waals surface area contributed by atoms with Gasteiger partial charge in [-0.25, -0.2) is 5.43 Å². The molecule has 0 spiro atoms. The van der Waals surface area contributed by atoms with Crippen LogP contribution in [0.15, 0.2) is 59.7 Å². The first kappa shape index (κ1) is 16.7. The van der Waals surface area contributed by atoms with Gasteiger partial charge in [-0.15, -0.1) is 0 Å². The van der Waals surface area contributed by atoms with Gasteiger partial charge in [0.05, 0.1) is 5.71 Å². The van der Waals surface area contributed by atoms with Crippen molar-refractivity contribution in [1.29, 1.82) is 0 Å². The summed E-state index contributed by atoms with van der Waals surface area (Å²) in [5, 5.41) is 4.25. The van der Waals surface area contributed by atoms with Gasteiger partial charge in [-0.3, -0.25) is 4.79 Å². The maximum Gasteiger partial charge on any atom is 0.277 e. The molecule has 0 aromatic heterocycles. The summed E-state index contributed by atoms with van der Waals surface area (Å²) < 4.78 is 5.44. The van der Waals surface area contributed by atoms with Crippen LogP contribution < -0.4 is 10.2 Å². The van der Waals surface area contributed by atoms with Crippen LogP contribution in [0, 0.1) is 6.92 Å². The van der Waals surface area contributed by atoms with Crippen LogP contribution in [0.3, 0.4) is 0 Å². The molecule has 0 aliphatic carbocycles. The Morgan fingerprint density at radius 1 is 1.09 bits per heavy atom. The lowest BCUT2D eigenvalue weighted by Crippen LogP contribution is -2.26. The fourth-order valence-corrected chi connectivity index (χ4v) is 2.08. The molecule has 1 N–H and O–H groups in total. The molecule has 0 heterocycles. The summed E-state index contributed by atoms with van der Waals surface area (Å²) in [7, 11) is 0. The van der Waals surface area contributed by atoms with Crippen LogP contribution in [0.25, 0.3) is 0 Å². The first-order valence-electron chi connectivity index (χ1n) is 7.79. The molecule has 0 aliphatic heterocycles. The van der Waals surface area contributed by atoms with Gasteiger partial charge in [0.15, 0.2) is 6.61 Å². The molecule has 0 radical (unpaired) electrons. The first-order valence-corrected chi connectivity index (χ1v) is 7.79. The Morgan fingerprint density at radius 2 is 1.78 bits per heavy atom. The van der Waals surface area contributed by atoms with Crippen molar-refractivity contribution in [2.75, 3.05) is 6.61 Å². The van der Waals surface area contributed by atoms with Gasteiger partial charge in [0.25, 0.3) is 5.91 Å². The number of aryl methyl sites for hydroxylation is 1. The fourth-order valence-electron chi connectivity index (χ4n) is 2.08. The SMILES string of the molecule is CCC/C(=N/NC(=O)COc1ccc(C)cc1)c1ccccc1.